The molecule has 0 aliphatic rings. The van der Waals surface area contributed by atoms with Crippen molar-refractivity contribution in [3.8, 4) is 0 Å². The number of hydrogen-bond donors (Lipinski definition) is 0. The van der Waals surface area contributed by atoms with Crippen LogP contribution in [0.2, 0.25) is 0 Å². The molecule has 0 spiro atoms. The fraction of sp³-hybridized carbons (Fsp3) is 0. The molecular weight excluding hydrogens is 888 g/mol. The van der Waals surface area contributed by atoms with Gasteiger partial charge in [-0.15, -0.1) is 37.2 Å². The van der Waals surface area contributed by atoms with Gasteiger partial charge >= 0.3 is 1000 Å². The van der Waals surface area contributed by atoms with Crippen molar-refractivity contribution in [2.75, 3.05) is 0 Å². The molecule has 0 N–H and O–H groups in total. The van der Waals surface area contributed by atoms with Crippen molar-refractivity contribution in [3.63, 3.8) is 0 Å². The smallest absolute Gasteiger partial charge is 1.00 e. The first kappa shape index (κ1) is 297. The van der Waals surface area contributed by atoms with E-state index in [0.29, 0.717) is 0 Å². The van der Waals surface area contributed by atoms with Crippen LogP contribution in [0.4, 0.5) is 0 Å². The minimum Gasteiger partial charge on any atom is -1.00 e. The topological polar surface area (TPSA) is 0 Å². The fourth-order valence-corrected chi connectivity index (χ4v) is 0. The Balaban J connectivity index is 0. The SMILES string of the molecule is Cl.Cl.Cl.[H-].[H-].[H-].[H-].[H-].[H-].[H-].[H-].[H-].[H-].[H-].[H-].[H-].[H-].[H-].[H-].[H-].[H-].[H-].[H-].[H-].[H-].[H-].[H-].[H-].[H-].[H-].[H-].[H-].[H-].[H-].[H-].[H-].[H-].[Na+].[Na+].[Na+].[Na+].[Na+].[Na+].[Na+].[Na+].[Na+].[Na+].[Na+].[Na+].[Na+].[Na+].[Na+].[Na+].[Na+].[Na+].[Na+].[Na+].[Na+].[Na+].[Na+].[Na+].[Na+].[Na+].[Na+].[Na+].[Na+].[Na+].[Na+].[Na+].[Na+].[Na+]. The van der Waals surface area contributed by atoms with Crippen molar-refractivity contribution in [1.29, 1.82) is 0 Å². The predicted molar refractivity (Wildman–Crippen MR) is 59.6 cm³/mol. The molecule has 0 bridgehead atoms. The summed E-state index contributed by atoms with van der Waals surface area (Å²) in [6, 6.07) is 0. The van der Waals surface area contributed by atoms with Gasteiger partial charge in [-0.25, -0.2) is 0 Å². The van der Waals surface area contributed by atoms with E-state index in [-0.39, 0.29) is 1090 Å². The van der Waals surface area contributed by atoms with Gasteiger partial charge in [0.25, 0.3) is 0 Å². The Bertz CT molecular complexity index is 85.9. The summed E-state index contributed by atoms with van der Waals surface area (Å²) >= 11 is 0. The Labute approximate surface area is 1050 Å². The molecule has 0 aromatic rings. The van der Waals surface area contributed by atoms with Crippen molar-refractivity contribution in [2.45, 2.75) is 0 Å². The second-order valence-corrected chi connectivity index (χ2v) is 0. The number of hydrogen-bond acceptors (Lipinski definition) is 0. The third-order valence-corrected chi connectivity index (χ3v) is 0. The van der Waals surface area contributed by atoms with Crippen LogP contribution >= 0.6 is 37.2 Å². The van der Waals surface area contributed by atoms with E-state index in [1.54, 1.807) is 0 Å². The van der Waals surface area contributed by atoms with Crippen LogP contribution in [-0.2, 0) is 0 Å². The largest absolute Gasteiger partial charge is 1.00 e. The maximum atomic E-state index is 0. The van der Waals surface area contributed by atoms with Gasteiger partial charge in [-0.2, -0.15) is 0 Å². The summed E-state index contributed by atoms with van der Waals surface area (Å²) in [6.45, 7) is 0. The molecule has 37 heteroatoms. The van der Waals surface area contributed by atoms with Gasteiger partial charge in [0.2, 0.25) is 0 Å². The quantitative estimate of drug-likeness (QED) is 0.212. The summed E-state index contributed by atoms with van der Waals surface area (Å²) in [7, 11) is 0. The molecule has 0 aromatic heterocycles. The fourth-order valence-electron chi connectivity index (χ4n) is 0. The Morgan fingerprint density at radius 1 is 0.0811 bits per heavy atom. The van der Waals surface area contributed by atoms with Crippen LogP contribution in [0.25, 0.3) is 0 Å². The maximum absolute atomic E-state index is 0. The normalized spacial score (nSPS) is 0. The molecule has 37 heavy (non-hydrogen) atoms. The Hall–Kier alpha value is 34.9. The van der Waals surface area contributed by atoms with Crippen LogP contribution in [0.3, 0.4) is 0 Å². The van der Waals surface area contributed by atoms with E-state index in [2.05, 4.69) is 0 Å². The van der Waals surface area contributed by atoms with E-state index < -0.39 is 0 Å². The van der Waals surface area contributed by atoms with Crippen LogP contribution in [0.5, 0.6) is 0 Å². The van der Waals surface area contributed by atoms with Crippen LogP contribution in [-0.4, -0.2) is 0 Å². The third kappa shape index (κ3) is 276. The number of rotatable bonds is 0. The number of halogens is 3. The van der Waals surface area contributed by atoms with Gasteiger partial charge in [0, 0.05) is 0 Å². The van der Waals surface area contributed by atoms with Crippen LogP contribution in [0, 0.1) is 0 Å². The monoisotopic (exact) mass is 924 g/mol. The average molecular weight is 925 g/mol. The zero-order chi connectivity index (χ0) is 0. The molecule has 0 heterocycles. The van der Waals surface area contributed by atoms with Gasteiger partial charge in [0.05, 0.1) is 0 Å². The molecule has 0 saturated heterocycles. The molecule has 0 aliphatic heterocycles. The summed E-state index contributed by atoms with van der Waals surface area (Å²) in [5, 5.41) is 0. The third-order valence-electron chi connectivity index (χ3n) is 0. The van der Waals surface area contributed by atoms with Gasteiger partial charge in [0.15, 0.2) is 0 Å². The molecule has 0 aliphatic carbocycles. The average Bonchev–Trinajstić information content (AvgIpc) is 0. The summed E-state index contributed by atoms with van der Waals surface area (Å²) < 4.78 is 0. The Morgan fingerprint density at radius 3 is 0.0811 bits per heavy atom. The van der Waals surface area contributed by atoms with E-state index in [1.807, 2.05) is 0 Å². The van der Waals surface area contributed by atoms with Crippen molar-refractivity contribution >= 4 is 37.2 Å². The van der Waals surface area contributed by atoms with E-state index in [9.17, 15) is 0 Å². The van der Waals surface area contributed by atoms with Crippen LogP contribution < -0.4 is 1000 Å². The molecule has 0 amide bonds. The molecule has 0 saturated carbocycles. The Morgan fingerprint density at radius 2 is 0.0811 bits per heavy atom. The predicted octanol–water partition coefficient (Wildman–Crippen LogP) is -96.8. The molecular formula is H37Cl3Na34. The van der Waals surface area contributed by atoms with E-state index in [4.69, 9.17) is 0 Å². The zero-order valence-electron chi connectivity index (χ0n) is 69.2. The van der Waals surface area contributed by atoms with Gasteiger partial charge in [-0.3, -0.25) is 0 Å². The van der Waals surface area contributed by atoms with Gasteiger partial charge in [-0.05, 0) is 0 Å². The summed E-state index contributed by atoms with van der Waals surface area (Å²) in [5.74, 6) is 0. The molecule has 0 atom stereocenters. The van der Waals surface area contributed by atoms with Crippen molar-refractivity contribution in [2.24, 2.45) is 0 Å². The standard InChI is InChI=1S/3ClH.34Na.34H/h3*1H;;;;;;;;;;;;;;;;;;;;;;;;;;;;;;;;;;;;;;;;;;;;;;;;;;;;;;;;;;;;;;;;;;;;/q;;;34*+1;34*-1. The van der Waals surface area contributed by atoms with E-state index >= 15 is 0 Å². The second kappa shape index (κ2) is 285. The van der Waals surface area contributed by atoms with Crippen LogP contribution in [0.1, 0.15) is 48.5 Å². The molecule has 0 nitrogen and oxygen atoms in total. The first-order valence-electron chi connectivity index (χ1n) is 0. The molecule has 0 fully saturated rings. The van der Waals surface area contributed by atoms with Gasteiger partial charge < -0.3 is 48.5 Å². The Kier molecular flexibility index (Phi) is 2280. The summed E-state index contributed by atoms with van der Waals surface area (Å²) in [4.78, 5) is 0. The van der Waals surface area contributed by atoms with Gasteiger partial charge in [-0.1, -0.05) is 0 Å². The molecule has 92 valence electrons. The van der Waals surface area contributed by atoms with Crippen molar-refractivity contribution in [1.82, 2.24) is 0 Å². The van der Waals surface area contributed by atoms with Crippen molar-refractivity contribution in [3.05, 3.63) is 0 Å². The minimum absolute atomic E-state index is 0. The maximum Gasteiger partial charge on any atom is 1.00 e. The molecule has 0 rings (SSSR count). The van der Waals surface area contributed by atoms with E-state index in [0.717, 1.165) is 0 Å². The second-order valence-electron chi connectivity index (χ2n) is 0. The van der Waals surface area contributed by atoms with Crippen LogP contribution in [0.15, 0.2) is 0 Å². The van der Waals surface area contributed by atoms with Crippen molar-refractivity contribution < 1.29 is 1050 Å². The van der Waals surface area contributed by atoms with Gasteiger partial charge in [0.1, 0.15) is 0 Å². The summed E-state index contributed by atoms with van der Waals surface area (Å²) in [5.41, 5.74) is 0. The first-order chi connectivity index (χ1) is 0. The molecule has 0 unspecified atom stereocenters. The molecule has 0 radical (unpaired) electrons. The van der Waals surface area contributed by atoms with E-state index in [1.165, 1.54) is 0 Å². The minimum atomic E-state index is 0. The first-order valence-corrected chi connectivity index (χ1v) is 0. The summed E-state index contributed by atoms with van der Waals surface area (Å²) in [6.07, 6.45) is 0. The molecule has 0 aromatic carbocycles. The zero-order valence-corrected chi connectivity index (χ0v) is 106.